The van der Waals surface area contributed by atoms with E-state index in [1.54, 1.807) is 11.1 Å². The van der Waals surface area contributed by atoms with E-state index in [0.717, 1.165) is 39.7 Å². The van der Waals surface area contributed by atoms with E-state index in [1.807, 2.05) is 52.8 Å². The Morgan fingerprint density at radius 3 is 2.49 bits per heavy atom. The molecule has 0 radical (unpaired) electrons. The van der Waals surface area contributed by atoms with Gasteiger partial charge >= 0.3 is 0 Å². The fourth-order valence-electron chi connectivity index (χ4n) is 5.41. The fourth-order valence-corrected chi connectivity index (χ4v) is 5.57. The first-order valence-corrected chi connectivity index (χ1v) is 14.5. The molecule has 0 fully saturated rings. The number of nitrogens with zero attached hydrogens (tertiary/aromatic N) is 2. The van der Waals surface area contributed by atoms with E-state index in [9.17, 15) is 18.4 Å². The molecule has 216 valence electrons. The van der Waals surface area contributed by atoms with Crippen LogP contribution in [-0.4, -0.2) is 28.2 Å². The molecule has 0 aliphatic carbocycles. The smallest absolute Gasteiger partial charge is 0.247 e. The van der Waals surface area contributed by atoms with E-state index < -0.39 is 11.6 Å². The summed E-state index contributed by atoms with van der Waals surface area (Å²) in [5, 5.41) is 2.93. The standard InChI is InChI=1S/C31H30ClF2N3O2.C2H6/c1-17-5-4-6-27(37-12-10-21(16-28(37)38)29-24(33)8-7-23(32)30(29)34)26-15-20(9-11-35-26)22-13-18(2)19(3)14-25(22)36-31(17)39;1-2/h7-9,11,13-17,27H,4-6,10,12H2,1-3H3,(H,36,39);1-2H3/t17-,27+;/m1./s1. The van der Waals surface area contributed by atoms with Crippen molar-refractivity contribution >= 4 is 34.7 Å². The zero-order chi connectivity index (χ0) is 29.8. The number of aromatic nitrogens is 1. The molecule has 3 heterocycles. The molecule has 8 heteroatoms. The Hall–Kier alpha value is -3.58. The molecule has 0 spiro atoms. The van der Waals surface area contributed by atoms with Crippen molar-refractivity contribution in [3.8, 4) is 11.1 Å². The summed E-state index contributed by atoms with van der Waals surface area (Å²) in [6, 6.07) is 9.85. The average Bonchev–Trinajstić information content (AvgIpc) is 2.96. The Balaban J connectivity index is 0.00000189. The molecule has 0 saturated carbocycles. The first-order valence-electron chi connectivity index (χ1n) is 14.2. The summed E-state index contributed by atoms with van der Waals surface area (Å²) < 4.78 is 29.2. The van der Waals surface area contributed by atoms with Gasteiger partial charge in [0.25, 0.3) is 0 Å². The second-order valence-corrected chi connectivity index (χ2v) is 10.9. The fraction of sp³-hybridized carbons (Fsp3) is 0.364. The van der Waals surface area contributed by atoms with Crippen LogP contribution in [0.25, 0.3) is 16.7 Å². The number of pyridine rings is 1. The van der Waals surface area contributed by atoms with Crippen LogP contribution < -0.4 is 5.32 Å². The van der Waals surface area contributed by atoms with Gasteiger partial charge in [-0.05, 0) is 91.8 Å². The van der Waals surface area contributed by atoms with Gasteiger partial charge in [0, 0.05) is 36.0 Å². The summed E-state index contributed by atoms with van der Waals surface area (Å²) in [5.74, 6) is -2.21. The second kappa shape index (κ2) is 12.9. The number of benzene rings is 2. The van der Waals surface area contributed by atoms with Crippen molar-refractivity contribution in [3.63, 3.8) is 0 Å². The summed E-state index contributed by atoms with van der Waals surface area (Å²) in [5.41, 5.74) is 5.47. The number of rotatable bonds is 2. The van der Waals surface area contributed by atoms with Crippen LogP contribution in [0.2, 0.25) is 5.02 Å². The molecule has 3 aromatic rings. The van der Waals surface area contributed by atoms with Gasteiger partial charge in [-0.1, -0.05) is 38.8 Å². The third-order valence-corrected chi connectivity index (χ3v) is 8.12. The van der Waals surface area contributed by atoms with E-state index in [-0.39, 0.29) is 52.9 Å². The molecule has 2 aliphatic rings. The van der Waals surface area contributed by atoms with Gasteiger partial charge in [-0.25, -0.2) is 8.78 Å². The van der Waals surface area contributed by atoms with Crippen LogP contribution >= 0.6 is 11.6 Å². The Morgan fingerprint density at radius 1 is 1.02 bits per heavy atom. The maximum atomic E-state index is 14.7. The predicted octanol–water partition coefficient (Wildman–Crippen LogP) is 8.44. The summed E-state index contributed by atoms with van der Waals surface area (Å²) >= 11 is 5.89. The van der Waals surface area contributed by atoms with Gasteiger partial charge in [0.15, 0.2) is 5.82 Å². The molecular formula is C33H36ClF2N3O2. The molecule has 1 aromatic heterocycles. The van der Waals surface area contributed by atoms with E-state index in [4.69, 9.17) is 11.6 Å². The number of carbonyl (C=O) groups is 2. The molecule has 2 atom stereocenters. The number of hydrogen-bond donors (Lipinski definition) is 1. The van der Waals surface area contributed by atoms with Crippen LogP contribution in [0.4, 0.5) is 14.5 Å². The van der Waals surface area contributed by atoms with Crippen molar-refractivity contribution in [2.75, 3.05) is 11.9 Å². The number of halogens is 3. The highest BCUT2D eigenvalue weighted by Gasteiger charge is 2.31. The van der Waals surface area contributed by atoms with Crippen molar-refractivity contribution in [1.29, 1.82) is 0 Å². The molecule has 2 aliphatic heterocycles. The van der Waals surface area contributed by atoms with Crippen molar-refractivity contribution in [3.05, 3.63) is 87.7 Å². The number of hydrogen-bond acceptors (Lipinski definition) is 3. The van der Waals surface area contributed by atoms with E-state index >= 15 is 0 Å². The molecule has 41 heavy (non-hydrogen) atoms. The number of fused-ring (bicyclic) bond motifs is 4. The van der Waals surface area contributed by atoms with Gasteiger partial charge in [-0.15, -0.1) is 0 Å². The van der Waals surface area contributed by atoms with Crippen LogP contribution in [0.5, 0.6) is 0 Å². The zero-order valence-corrected chi connectivity index (χ0v) is 24.9. The van der Waals surface area contributed by atoms with Crippen molar-refractivity contribution in [1.82, 2.24) is 9.88 Å². The number of nitrogens with one attached hydrogen (secondary N) is 1. The summed E-state index contributed by atoms with van der Waals surface area (Å²) in [6.07, 6.45) is 5.24. The maximum Gasteiger partial charge on any atom is 0.247 e. The Bertz CT molecular complexity index is 1500. The number of anilines is 1. The first-order chi connectivity index (χ1) is 19.6. The topological polar surface area (TPSA) is 62.3 Å². The lowest BCUT2D eigenvalue weighted by Gasteiger charge is -2.34. The van der Waals surface area contributed by atoms with Gasteiger partial charge in [-0.2, -0.15) is 0 Å². The molecule has 1 N–H and O–H groups in total. The zero-order valence-electron chi connectivity index (χ0n) is 24.2. The van der Waals surface area contributed by atoms with Crippen LogP contribution in [0, 0.1) is 31.4 Å². The molecule has 2 aromatic carbocycles. The Kier molecular flexibility index (Phi) is 9.59. The van der Waals surface area contributed by atoms with Gasteiger partial charge in [-0.3, -0.25) is 14.6 Å². The Labute approximate surface area is 245 Å². The minimum Gasteiger partial charge on any atom is -0.330 e. The monoisotopic (exact) mass is 579 g/mol. The number of aryl methyl sites for hydroxylation is 2. The lowest BCUT2D eigenvalue weighted by Crippen LogP contribution is -2.38. The maximum absolute atomic E-state index is 14.7. The molecule has 2 bridgehead atoms. The lowest BCUT2D eigenvalue weighted by molar-refractivity contribution is -0.129. The average molecular weight is 580 g/mol. The summed E-state index contributed by atoms with van der Waals surface area (Å²) in [4.78, 5) is 32.8. The minimum absolute atomic E-state index is 0.0434. The molecular weight excluding hydrogens is 544 g/mol. The molecule has 5 nitrogen and oxygen atoms in total. The molecule has 0 saturated heterocycles. The summed E-state index contributed by atoms with van der Waals surface area (Å²) in [7, 11) is 0. The lowest BCUT2D eigenvalue weighted by atomic mass is 9.92. The molecule has 2 amide bonds. The van der Waals surface area contributed by atoms with Gasteiger partial charge in [0.2, 0.25) is 11.8 Å². The highest BCUT2D eigenvalue weighted by molar-refractivity contribution is 6.31. The van der Waals surface area contributed by atoms with Crippen molar-refractivity contribution in [2.45, 2.75) is 66.3 Å². The van der Waals surface area contributed by atoms with E-state index in [1.165, 1.54) is 12.1 Å². The largest absolute Gasteiger partial charge is 0.330 e. The van der Waals surface area contributed by atoms with E-state index in [2.05, 4.69) is 16.4 Å². The normalized spacial score (nSPS) is 19.1. The number of amides is 2. The first kappa shape index (κ1) is 30.4. The highest BCUT2D eigenvalue weighted by Crippen LogP contribution is 2.38. The van der Waals surface area contributed by atoms with E-state index in [0.29, 0.717) is 19.3 Å². The summed E-state index contributed by atoms with van der Waals surface area (Å²) in [6.45, 7) is 10.2. The molecule has 0 unspecified atom stereocenters. The number of carbonyl (C=O) groups excluding carboxylic acids is 2. The second-order valence-electron chi connectivity index (χ2n) is 10.5. The third-order valence-electron chi connectivity index (χ3n) is 7.83. The van der Waals surface area contributed by atoms with Gasteiger partial charge in [0.05, 0.1) is 22.3 Å². The molecule has 5 rings (SSSR count). The van der Waals surface area contributed by atoms with Crippen molar-refractivity contribution < 1.29 is 18.4 Å². The van der Waals surface area contributed by atoms with Crippen LogP contribution in [-0.2, 0) is 9.59 Å². The van der Waals surface area contributed by atoms with Gasteiger partial charge in [0.1, 0.15) is 5.82 Å². The van der Waals surface area contributed by atoms with Gasteiger partial charge < -0.3 is 10.2 Å². The minimum atomic E-state index is -0.860. The Morgan fingerprint density at radius 2 is 1.76 bits per heavy atom. The van der Waals surface area contributed by atoms with Crippen LogP contribution in [0.1, 0.15) is 74.9 Å². The quantitative estimate of drug-likeness (QED) is 0.310. The highest BCUT2D eigenvalue weighted by atomic mass is 35.5. The predicted molar refractivity (Wildman–Crippen MR) is 161 cm³/mol. The van der Waals surface area contributed by atoms with Crippen LogP contribution in [0.15, 0.2) is 48.7 Å². The van der Waals surface area contributed by atoms with Crippen molar-refractivity contribution in [2.24, 2.45) is 5.92 Å². The van der Waals surface area contributed by atoms with Crippen LogP contribution in [0.3, 0.4) is 0 Å². The third kappa shape index (κ3) is 6.35. The SMILES string of the molecule is CC.Cc1cc2c(cc1C)-c1ccnc(c1)[C@@H](N1CCC(c3c(F)ccc(Cl)c3F)=CC1=O)CCC[C@@H](C)C(=O)N2.